The van der Waals surface area contributed by atoms with Crippen LogP contribution in [0.5, 0.6) is 0 Å². The number of hydrogen-bond acceptors (Lipinski definition) is 4. The van der Waals surface area contributed by atoms with Gasteiger partial charge in [-0.2, -0.15) is 0 Å². The average molecular weight is 762 g/mol. The van der Waals surface area contributed by atoms with Gasteiger partial charge in [0.25, 0.3) is 10.0 Å². The van der Waals surface area contributed by atoms with Crippen LogP contribution in [0.15, 0.2) is 95.9 Å². The van der Waals surface area contributed by atoms with Gasteiger partial charge >= 0.3 is 0 Å². The van der Waals surface area contributed by atoms with Gasteiger partial charge in [0.15, 0.2) is 0 Å². The lowest BCUT2D eigenvalue weighted by molar-refractivity contribution is -0.140. The molecule has 0 bridgehead atoms. The maximum absolute atomic E-state index is 14.7. The van der Waals surface area contributed by atoms with Gasteiger partial charge in [0.2, 0.25) is 11.8 Å². The van der Waals surface area contributed by atoms with Crippen molar-refractivity contribution in [2.45, 2.75) is 69.0 Å². The van der Waals surface area contributed by atoms with E-state index < -0.39 is 28.5 Å². The molecular weight excluding hydrogens is 724 g/mol. The van der Waals surface area contributed by atoms with Gasteiger partial charge in [-0.3, -0.25) is 13.9 Å². The Labute approximate surface area is 308 Å². The van der Waals surface area contributed by atoms with E-state index in [1.807, 2.05) is 37.3 Å². The Hall–Kier alpha value is -3.27. The lowest BCUT2D eigenvalue weighted by Crippen LogP contribution is -2.55. The molecule has 0 unspecified atom stereocenters. The fourth-order valence-corrected chi connectivity index (χ4v) is 8.14. The number of sulfonamides is 1. The zero-order chi connectivity index (χ0) is 35.1. The molecule has 2 amide bonds. The summed E-state index contributed by atoms with van der Waals surface area (Å²) in [7, 11) is -4.35. The number of rotatable bonds is 12. The van der Waals surface area contributed by atoms with Crippen LogP contribution < -0.4 is 9.62 Å². The van der Waals surface area contributed by atoms with Crippen molar-refractivity contribution < 1.29 is 18.0 Å². The van der Waals surface area contributed by atoms with E-state index >= 15 is 0 Å². The molecule has 1 aliphatic rings. The molecule has 49 heavy (non-hydrogen) atoms. The van der Waals surface area contributed by atoms with Gasteiger partial charge in [-0.15, -0.1) is 0 Å². The third-order valence-electron chi connectivity index (χ3n) is 8.62. The highest BCUT2D eigenvalue weighted by Gasteiger charge is 2.36. The quantitative estimate of drug-likeness (QED) is 0.156. The summed E-state index contributed by atoms with van der Waals surface area (Å²) in [5.41, 5.74) is 2.34. The summed E-state index contributed by atoms with van der Waals surface area (Å²) in [6.45, 7) is 1.13. The van der Waals surface area contributed by atoms with Crippen molar-refractivity contribution in [3.63, 3.8) is 0 Å². The predicted octanol–water partition coefficient (Wildman–Crippen LogP) is 8.89. The van der Waals surface area contributed by atoms with E-state index in [-0.39, 0.29) is 50.6 Å². The van der Waals surface area contributed by atoms with E-state index in [0.29, 0.717) is 10.6 Å². The third kappa shape index (κ3) is 9.50. The highest BCUT2D eigenvalue weighted by atomic mass is 35.5. The number of anilines is 1. The first-order chi connectivity index (χ1) is 23.4. The number of carbonyl (C=O) groups excluding carboxylic acids is 2. The molecule has 0 heterocycles. The highest BCUT2D eigenvalue weighted by molar-refractivity contribution is 7.92. The minimum Gasteiger partial charge on any atom is -0.352 e. The van der Waals surface area contributed by atoms with Gasteiger partial charge in [-0.25, -0.2) is 8.42 Å². The van der Waals surface area contributed by atoms with E-state index in [2.05, 4.69) is 5.32 Å². The van der Waals surface area contributed by atoms with Gasteiger partial charge in [0, 0.05) is 24.0 Å². The molecule has 0 aromatic heterocycles. The Bertz CT molecular complexity index is 1890. The molecule has 0 saturated heterocycles. The fraction of sp³-hybridized carbons (Fsp3) is 0.297. The van der Waals surface area contributed by atoms with Gasteiger partial charge in [-0.05, 0) is 73.4 Å². The van der Waals surface area contributed by atoms with Crippen LogP contribution in [0, 0.1) is 6.92 Å². The maximum atomic E-state index is 14.7. The lowest BCUT2D eigenvalue weighted by atomic mass is 9.94. The Balaban J connectivity index is 1.60. The predicted molar refractivity (Wildman–Crippen MR) is 198 cm³/mol. The smallest absolute Gasteiger partial charge is 0.264 e. The molecule has 258 valence electrons. The van der Waals surface area contributed by atoms with E-state index in [9.17, 15) is 18.0 Å². The van der Waals surface area contributed by atoms with Crippen LogP contribution in [-0.4, -0.2) is 43.8 Å². The summed E-state index contributed by atoms with van der Waals surface area (Å²) in [6, 6.07) is 24.1. The Morgan fingerprint density at radius 2 is 1.47 bits per heavy atom. The Kier molecular flexibility index (Phi) is 12.6. The number of carbonyl (C=O) groups is 2. The van der Waals surface area contributed by atoms with Crippen LogP contribution in [0.1, 0.15) is 48.8 Å². The van der Waals surface area contributed by atoms with Crippen LogP contribution >= 0.6 is 46.4 Å². The molecule has 1 fully saturated rings. The van der Waals surface area contributed by atoms with Crippen LogP contribution in [0.2, 0.25) is 20.1 Å². The SMILES string of the molecule is Cc1ccc(S(=O)(=O)N(CC(=O)N(Cc2ccc(Cl)c(Cl)c2)[C@H](Cc2ccccc2)C(=O)NC2CCCCC2)c2cc(Cl)ccc2Cl)cc1. The molecular formula is C37H37Cl4N3O4S. The summed E-state index contributed by atoms with van der Waals surface area (Å²) < 4.78 is 29.6. The number of hydrogen-bond donors (Lipinski definition) is 1. The zero-order valence-electron chi connectivity index (χ0n) is 26.9. The first-order valence-corrected chi connectivity index (χ1v) is 19.0. The van der Waals surface area contributed by atoms with Crippen molar-refractivity contribution in [3.05, 3.63) is 128 Å². The van der Waals surface area contributed by atoms with Crippen LogP contribution in [0.4, 0.5) is 5.69 Å². The number of nitrogens with zero attached hydrogens (tertiary/aromatic N) is 2. The molecule has 0 spiro atoms. The van der Waals surface area contributed by atoms with Gasteiger partial charge < -0.3 is 10.2 Å². The van der Waals surface area contributed by atoms with Crippen molar-refractivity contribution in [2.75, 3.05) is 10.8 Å². The monoisotopic (exact) mass is 759 g/mol. The normalized spacial score (nSPS) is 14.2. The summed E-state index contributed by atoms with van der Waals surface area (Å²) in [4.78, 5) is 30.4. The number of nitrogens with one attached hydrogen (secondary N) is 1. The Morgan fingerprint density at radius 1 is 0.796 bits per heavy atom. The van der Waals surface area contributed by atoms with Crippen LogP contribution in [-0.2, 0) is 32.6 Å². The molecule has 1 atom stereocenters. The number of amides is 2. The summed E-state index contributed by atoms with van der Waals surface area (Å²) in [5, 5.41) is 4.13. The van der Waals surface area contributed by atoms with Crippen LogP contribution in [0.3, 0.4) is 0 Å². The molecule has 4 aromatic rings. The molecule has 7 nitrogen and oxygen atoms in total. The maximum Gasteiger partial charge on any atom is 0.264 e. The molecule has 0 radical (unpaired) electrons. The standard InChI is InChI=1S/C37H37Cl4N3O4S/c1-25-12-16-30(17-13-25)49(47,48)44(34-22-28(38)15-19-32(34)40)24-36(45)43(23-27-14-18-31(39)33(41)20-27)35(21-26-8-4-2-5-9-26)37(46)42-29-10-6-3-7-11-29/h2,4-5,8-9,12-20,22,29,35H,3,6-7,10-11,21,23-24H2,1H3,(H,42,46)/t35-/m1/s1. The molecule has 0 aliphatic heterocycles. The molecule has 4 aromatic carbocycles. The van der Waals surface area contributed by atoms with E-state index in [4.69, 9.17) is 46.4 Å². The molecule has 1 saturated carbocycles. The number of aryl methyl sites for hydroxylation is 1. The second-order valence-electron chi connectivity index (χ2n) is 12.2. The summed E-state index contributed by atoms with van der Waals surface area (Å²) in [6.07, 6.45) is 5.01. The van der Waals surface area contributed by atoms with E-state index in [0.717, 1.165) is 47.5 Å². The number of benzene rings is 4. The average Bonchev–Trinajstić information content (AvgIpc) is 3.09. The summed E-state index contributed by atoms with van der Waals surface area (Å²) in [5.74, 6) is -0.949. The number of halogens is 4. The van der Waals surface area contributed by atoms with Crippen molar-refractivity contribution in [1.29, 1.82) is 0 Å². The van der Waals surface area contributed by atoms with E-state index in [1.165, 1.54) is 35.2 Å². The second kappa shape index (κ2) is 16.6. The van der Waals surface area contributed by atoms with Crippen molar-refractivity contribution in [1.82, 2.24) is 10.2 Å². The largest absolute Gasteiger partial charge is 0.352 e. The molecule has 5 rings (SSSR count). The zero-order valence-corrected chi connectivity index (χ0v) is 30.8. The Morgan fingerprint density at radius 3 is 2.14 bits per heavy atom. The first-order valence-electron chi connectivity index (χ1n) is 16.0. The molecule has 1 N–H and O–H groups in total. The minimum atomic E-state index is -4.35. The minimum absolute atomic E-state index is 0.0230. The topological polar surface area (TPSA) is 86.8 Å². The first kappa shape index (κ1) is 37.0. The lowest BCUT2D eigenvalue weighted by Gasteiger charge is -2.35. The molecule has 12 heteroatoms. The molecule has 1 aliphatic carbocycles. The van der Waals surface area contributed by atoms with Crippen molar-refractivity contribution in [3.8, 4) is 0 Å². The third-order valence-corrected chi connectivity index (χ3v) is 11.7. The van der Waals surface area contributed by atoms with E-state index in [1.54, 1.807) is 30.3 Å². The summed E-state index contributed by atoms with van der Waals surface area (Å²) >= 11 is 25.5. The highest BCUT2D eigenvalue weighted by Crippen LogP contribution is 2.34. The van der Waals surface area contributed by atoms with Gasteiger partial charge in [0.05, 0.1) is 25.7 Å². The van der Waals surface area contributed by atoms with Crippen molar-refractivity contribution in [2.24, 2.45) is 0 Å². The van der Waals surface area contributed by atoms with Crippen molar-refractivity contribution >= 4 is 73.9 Å². The van der Waals surface area contributed by atoms with Gasteiger partial charge in [-0.1, -0.05) is 120 Å². The van der Waals surface area contributed by atoms with Crippen LogP contribution in [0.25, 0.3) is 0 Å². The second-order valence-corrected chi connectivity index (χ2v) is 15.8. The fourth-order valence-electron chi connectivity index (χ4n) is 5.96. The van der Waals surface area contributed by atoms with Gasteiger partial charge in [0.1, 0.15) is 12.6 Å².